The van der Waals surface area contributed by atoms with Gasteiger partial charge in [0.05, 0.1) is 12.6 Å². The largest absolute Gasteiger partial charge is 0.383 e. The average Bonchev–Trinajstić information content (AvgIpc) is 2.42. The van der Waals surface area contributed by atoms with Crippen LogP contribution < -0.4 is 5.73 Å². The van der Waals surface area contributed by atoms with Crippen molar-refractivity contribution in [2.24, 2.45) is 5.73 Å². The van der Waals surface area contributed by atoms with Gasteiger partial charge in [0, 0.05) is 20.2 Å². The third-order valence-corrected chi connectivity index (χ3v) is 2.85. The zero-order valence-electron chi connectivity index (χ0n) is 11.1. The summed E-state index contributed by atoms with van der Waals surface area (Å²) in [7, 11) is 1.63. The number of carbonyl (C=O) groups excluding carboxylic acids is 1. The van der Waals surface area contributed by atoms with Crippen molar-refractivity contribution in [2.45, 2.75) is 25.9 Å². The number of methoxy groups -OCH3 is 1. The molecule has 0 heterocycles. The van der Waals surface area contributed by atoms with Crippen LogP contribution in [0.1, 0.15) is 18.9 Å². The lowest BCUT2D eigenvalue weighted by Gasteiger charge is -2.25. The monoisotopic (exact) mass is 250 g/mol. The van der Waals surface area contributed by atoms with Gasteiger partial charge < -0.3 is 15.4 Å². The maximum atomic E-state index is 12.1. The van der Waals surface area contributed by atoms with Gasteiger partial charge in [-0.2, -0.15) is 0 Å². The molecule has 1 rings (SSSR count). The first kappa shape index (κ1) is 14.7. The second kappa shape index (κ2) is 7.84. The minimum absolute atomic E-state index is 0.0154. The quantitative estimate of drug-likeness (QED) is 0.796. The predicted molar refractivity (Wildman–Crippen MR) is 72.0 cm³/mol. The van der Waals surface area contributed by atoms with E-state index in [4.69, 9.17) is 10.5 Å². The number of amides is 1. The first-order valence-electron chi connectivity index (χ1n) is 6.26. The van der Waals surface area contributed by atoms with Gasteiger partial charge in [-0.1, -0.05) is 37.3 Å². The second-order valence-corrected chi connectivity index (χ2v) is 4.25. The summed E-state index contributed by atoms with van der Waals surface area (Å²) < 4.78 is 5.04. The molecule has 1 aromatic carbocycles. The van der Waals surface area contributed by atoms with Crippen LogP contribution >= 0.6 is 0 Å². The molecule has 0 bridgehead atoms. The molecule has 0 saturated carbocycles. The Hall–Kier alpha value is -1.39. The molecule has 0 radical (unpaired) electrons. The molecule has 0 aliphatic heterocycles. The van der Waals surface area contributed by atoms with Crippen LogP contribution in [0, 0.1) is 0 Å². The molecule has 0 fully saturated rings. The first-order chi connectivity index (χ1) is 8.69. The van der Waals surface area contributed by atoms with Crippen LogP contribution in [0.25, 0.3) is 0 Å². The molecule has 100 valence electrons. The van der Waals surface area contributed by atoms with E-state index in [1.165, 1.54) is 0 Å². The molecule has 18 heavy (non-hydrogen) atoms. The van der Waals surface area contributed by atoms with Gasteiger partial charge in [0.1, 0.15) is 0 Å². The highest BCUT2D eigenvalue weighted by Crippen LogP contribution is 2.06. The number of hydrogen-bond acceptors (Lipinski definition) is 3. The second-order valence-electron chi connectivity index (χ2n) is 4.25. The fourth-order valence-corrected chi connectivity index (χ4v) is 1.68. The van der Waals surface area contributed by atoms with E-state index < -0.39 is 6.04 Å². The average molecular weight is 250 g/mol. The van der Waals surface area contributed by atoms with Gasteiger partial charge in [0.2, 0.25) is 5.91 Å². The fraction of sp³-hybridized carbons (Fsp3) is 0.500. The molecule has 1 amide bonds. The summed E-state index contributed by atoms with van der Waals surface area (Å²) in [5.74, 6) is -0.0154. The normalized spacial score (nSPS) is 12.2. The molecule has 0 aromatic heterocycles. The highest BCUT2D eigenvalue weighted by molar-refractivity contribution is 5.81. The highest BCUT2D eigenvalue weighted by atomic mass is 16.5. The van der Waals surface area contributed by atoms with Crippen LogP contribution in [0.4, 0.5) is 0 Å². The zero-order valence-corrected chi connectivity index (χ0v) is 11.1. The molecule has 0 saturated heterocycles. The lowest BCUT2D eigenvalue weighted by Crippen LogP contribution is -2.44. The predicted octanol–water partition coefficient (Wildman–Crippen LogP) is 1.40. The Balaban J connectivity index is 2.69. The van der Waals surface area contributed by atoms with Crippen molar-refractivity contribution in [2.75, 3.05) is 20.3 Å². The van der Waals surface area contributed by atoms with Crippen molar-refractivity contribution in [1.82, 2.24) is 4.90 Å². The molecule has 0 unspecified atom stereocenters. The van der Waals surface area contributed by atoms with E-state index in [1.807, 2.05) is 37.3 Å². The Kier molecular flexibility index (Phi) is 6.39. The molecule has 0 spiro atoms. The smallest absolute Gasteiger partial charge is 0.239 e. The summed E-state index contributed by atoms with van der Waals surface area (Å²) in [6, 6.07) is 9.48. The Morgan fingerprint density at radius 2 is 2.06 bits per heavy atom. The molecule has 4 heteroatoms. The van der Waals surface area contributed by atoms with Crippen LogP contribution in [0.3, 0.4) is 0 Å². The maximum absolute atomic E-state index is 12.1. The minimum atomic E-state index is -0.425. The van der Waals surface area contributed by atoms with Crippen molar-refractivity contribution in [3.05, 3.63) is 35.9 Å². The van der Waals surface area contributed by atoms with Gasteiger partial charge >= 0.3 is 0 Å². The van der Waals surface area contributed by atoms with E-state index in [0.717, 1.165) is 5.56 Å². The SMILES string of the molecule is CC[C@H](N)C(=O)N(CCOC)Cc1ccccc1. The third-order valence-electron chi connectivity index (χ3n) is 2.85. The van der Waals surface area contributed by atoms with E-state index in [2.05, 4.69) is 0 Å². The van der Waals surface area contributed by atoms with Crippen molar-refractivity contribution in [3.63, 3.8) is 0 Å². The summed E-state index contributed by atoms with van der Waals surface area (Å²) in [6.45, 7) is 3.59. The number of nitrogens with two attached hydrogens (primary N) is 1. The third kappa shape index (κ3) is 4.47. The van der Waals surface area contributed by atoms with Crippen LogP contribution in [-0.4, -0.2) is 37.1 Å². The summed E-state index contributed by atoms with van der Waals surface area (Å²) in [5.41, 5.74) is 6.91. The van der Waals surface area contributed by atoms with Crippen molar-refractivity contribution in [1.29, 1.82) is 0 Å². The Labute approximate surface area is 109 Å². The minimum Gasteiger partial charge on any atom is -0.383 e. The van der Waals surface area contributed by atoms with E-state index in [9.17, 15) is 4.79 Å². The van der Waals surface area contributed by atoms with Gasteiger partial charge in [0.25, 0.3) is 0 Å². The molecule has 4 nitrogen and oxygen atoms in total. The van der Waals surface area contributed by atoms with Crippen LogP contribution in [-0.2, 0) is 16.1 Å². The molecule has 1 atom stereocenters. The standard InChI is InChI=1S/C14H22N2O2/c1-3-13(15)14(17)16(9-10-18-2)11-12-7-5-4-6-8-12/h4-8,13H,3,9-11,15H2,1-2H3/t13-/m0/s1. The van der Waals surface area contributed by atoms with Gasteiger partial charge in [-0.05, 0) is 12.0 Å². The number of benzene rings is 1. The summed E-state index contributed by atoms with van der Waals surface area (Å²) in [4.78, 5) is 13.9. The molecule has 2 N–H and O–H groups in total. The number of carbonyl (C=O) groups is 1. The van der Waals surface area contributed by atoms with Crippen molar-refractivity contribution in [3.8, 4) is 0 Å². The van der Waals surface area contributed by atoms with E-state index in [1.54, 1.807) is 12.0 Å². The summed E-state index contributed by atoms with van der Waals surface area (Å²) >= 11 is 0. The Morgan fingerprint density at radius 1 is 1.39 bits per heavy atom. The summed E-state index contributed by atoms with van der Waals surface area (Å²) in [6.07, 6.45) is 0.650. The Bertz CT molecular complexity index is 354. The zero-order chi connectivity index (χ0) is 13.4. The van der Waals surface area contributed by atoms with Crippen molar-refractivity contribution >= 4 is 5.91 Å². The number of rotatable bonds is 7. The van der Waals surface area contributed by atoms with Gasteiger partial charge in [-0.25, -0.2) is 0 Å². The van der Waals surface area contributed by atoms with Gasteiger partial charge in [-0.15, -0.1) is 0 Å². The molecular weight excluding hydrogens is 228 g/mol. The van der Waals surface area contributed by atoms with E-state index in [0.29, 0.717) is 26.1 Å². The summed E-state index contributed by atoms with van der Waals surface area (Å²) in [5, 5.41) is 0. The van der Waals surface area contributed by atoms with Crippen LogP contribution in [0.5, 0.6) is 0 Å². The van der Waals surface area contributed by atoms with Crippen LogP contribution in [0.15, 0.2) is 30.3 Å². The molecule has 0 aliphatic rings. The topological polar surface area (TPSA) is 55.6 Å². The maximum Gasteiger partial charge on any atom is 0.239 e. The van der Waals surface area contributed by atoms with Crippen molar-refractivity contribution < 1.29 is 9.53 Å². The first-order valence-corrected chi connectivity index (χ1v) is 6.26. The van der Waals surface area contributed by atoms with Crippen LogP contribution in [0.2, 0.25) is 0 Å². The van der Waals surface area contributed by atoms with Gasteiger partial charge in [0.15, 0.2) is 0 Å². The lowest BCUT2D eigenvalue weighted by atomic mass is 10.1. The number of nitrogens with zero attached hydrogens (tertiary/aromatic N) is 1. The lowest BCUT2D eigenvalue weighted by molar-refractivity contribution is -0.133. The van der Waals surface area contributed by atoms with E-state index in [-0.39, 0.29) is 5.91 Å². The molecule has 0 aliphatic carbocycles. The van der Waals surface area contributed by atoms with Gasteiger partial charge in [-0.3, -0.25) is 4.79 Å². The molecule has 1 aromatic rings. The van der Waals surface area contributed by atoms with E-state index >= 15 is 0 Å². The fourth-order valence-electron chi connectivity index (χ4n) is 1.68. The highest BCUT2D eigenvalue weighted by Gasteiger charge is 2.19. The Morgan fingerprint density at radius 3 is 2.61 bits per heavy atom. The molecular formula is C14H22N2O2. The number of hydrogen-bond donors (Lipinski definition) is 1. The number of ether oxygens (including phenoxy) is 1.